The molecule has 14 nitrogen and oxygen atoms in total. The normalized spacial score (nSPS) is 25.2. The minimum Gasteiger partial charge on any atom is -0.756 e. The minimum atomic E-state index is -4.84. The van der Waals surface area contributed by atoms with Crippen LogP contribution in [-0.4, -0.2) is 40.6 Å². The van der Waals surface area contributed by atoms with E-state index in [-0.39, 0.29) is 17.8 Å². The highest BCUT2D eigenvalue weighted by Gasteiger charge is 2.41. The molecule has 0 spiro atoms. The summed E-state index contributed by atoms with van der Waals surface area (Å²) in [5.74, 6) is -0.130. The first-order chi connectivity index (χ1) is 14.6. The molecule has 0 aromatic carbocycles. The Labute approximate surface area is 183 Å². The Morgan fingerprint density at radius 2 is 1.72 bits per heavy atom. The molecule has 1 aromatic heterocycles. The van der Waals surface area contributed by atoms with Crippen molar-refractivity contribution in [2.75, 3.05) is 12.3 Å². The summed E-state index contributed by atoms with van der Waals surface area (Å²) in [7, 11) is -9.58. The highest BCUT2D eigenvalue weighted by atomic mass is 31.2. The molecule has 1 aromatic rings. The first-order valence-electron chi connectivity index (χ1n) is 9.70. The van der Waals surface area contributed by atoms with Crippen LogP contribution in [-0.2, 0) is 32.0 Å². The number of hydrogen-bond donors (Lipinski definition) is 2. The second kappa shape index (κ2) is 10.3. The van der Waals surface area contributed by atoms with Crippen molar-refractivity contribution < 1.29 is 41.7 Å². The molecule has 3 N–H and O–H groups in total. The van der Waals surface area contributed by atoms with Gasteiger partial charge in [-0.1, -0.05) is 0 Å². The maximum absolute atomic E-state index is 12.5. The van der Waals surface area contributed by atoms with E-state index < -0.39 is 64.1 Å². The summed E-state index contributed by atoms with van der Waals surface area (Å²) in [6.07, 6.45) is -5.65. The van der Waals surface area contributed by atoms with Crippen LogP contribution in [0, 0.1) is 6.92 Å². The van der Waals surface area contributed by atoms with Gasteiger partial charge >= 0.3 is 5.69 Å². The second-order valence-corrected chi connectivity index (χ2v) is 10.3. The van der Waals surface area contributed by atoms with Gasteiger partial charge in [0.2, 0.25) is 0 Å². The molecule has 5 atom stereocenters. The van der Waals surface area contributed by atoms with E-state index in [1.807, 2.05) is 0 Å². The summed E-state index contributed by atoms with van der Waals surface area (Å²) in [5, 5.41) is 0. The number of hydrogen-bond acceptors (Lipinski definition) is 12. The second-order valence-electron chi connectivity index (χ2n) is 7.65. The highest BCUT2D eigenvalue weighted by molar-refractivity contribution is 7.46. The molecule has 0 bridgehead atoms. The van der Waals surface area contributed by atoms with Crippen molar-refractivity contribution in [1.29, 1.82) is 0 Å². The summed E-state index contributed by atoms with van der Waals surface area (Å²) in [5.41, 5.74) is 3.95. The van der Waals surface area contributed by atoms with Gasteiger partial charge in [0.25, 0.3) is 21.2 Å². The Morgan fingerprint density at radius 1 is 1.16 bits per heavy atom. The van der Waals surface area contributed by atoms with Crippen LogP contribution in [0.4, 0.5) is 5.82 Å². The molecule has 0 aliphatic carbocycles. The number of phosphoric acid groups is 2. The number of H-pyrrole nitrogens is 1. The van der Waals surface area contributed by atoms with Gasteiger partial charge in [-0.25, -0.2) is 9.36 Å². The summed E-state index contributed by atoms with van der Waals surface area (Å²) in [4.78, 5) is 51.2. The fraction of sp³-hybridized carbons (Fsp3) is 0.750. The number of nitrogens with one attached hydrogen (secondary N) is 1. The average molecular weight is 499 g/mol. The Balaban J connectivity index is 2.32. The van der Waals surface area contributed by atoms with Crippen LogP contribution in [0.3, 0.4) is 0 Å². The molecule has 184 valence electrons. The SMILES string of the molecule is Cc1c(N)[nH]c(=O)n([C@H]2CC(OP(=O)([O-])OC(C)C)[C@@H](COP(=O)([O-])OC(C)C)O2)c1=O. The zero-order valence-corrected chi connectivity index (χ0v) is 20.0. The van der Waals surface area contributed by atoms with E-state index in [0.29, 0.717) is 4.57 Å². The lowest BCUT2D eigenvalue weighted by Gasteiger charge is -2.31. The largest absolute Gasteiger partial charge is 0.756 e. The third kappa shape index (κ3) is 7.08. The Hall–Kier alpha value is -1.34. The van der Waals surface area contributed by atoms with Gasteiger partial charge in [-0.05, 0) is 34.6 Å². The summed E-state index contributed by atoms with van der Waals surface area (Å²) >= 11 is 0. The van der Waals surface area contributed by atoms with Crippen molar-refractivity contribution >= 4 is 21.5 Å². The predicted octanol–water partition coefficient (Wildman–Crippen LogP) is -0.0967. The van der Waals surface area contributed by atoms with E-state index in [9.17, 15) is 28.5 Å². The molecule has 1 aliphatic heterocycles. The van der Waals surface area contributed by atoms with Crippen molar-refractivity contribution in [2.24, 2.45) is 0 Å². The monoisotopic (exact) mass is 499 g/mol. The number of aromatic amines is 1. The zero-order chi connectivity index (χ0) is 24.4. The van der Waals surface area contributed by atoms with Gasteiger partial charge in [-0.15, -0.1) is 0 Å². The van der Waals surface area contributed by atoms with E-state index in [4.69, 9.17) is 24.0 Å². The lowest BCUT2D eigenvalue weighted by atomic mass is 10.2. The molecule has 2 rings (SSSR count). The Morgan fingerprint density at radius 3 is 2.28 bits per heavy atom. The van der Waals surface area contributed by atoms with Crippen molar-refractivity contribution in [1.82, 2.24) is 9.55 Å². The number of nitrogens with two attached hydrogens (primary N) is 1. The van der Waals surface area contributed by atoms with Gasteiger partial charge in [0.1, 0.15) is 18.1 Å². The molecule has 32 heavy (non-hydrogen) atoms. The van der Waals surface area contributed by atoms with Gasteiger partial charge in [-0.3, -0.25) is 18.9 Å². The number of aromatic nitrogens is 2. The number of rotatable bonds is 10. The summed E-state index contributed by atoms with van der Waals surface area (Å²) in [6, 6.07) is 0. The quantitative estimate of drug-likeness (QED) is 0.405. The summed E-state index contributed by atoms with van der Waals surface area (Å²) in [6.45, 7) is 6.57. The van der Waals surface area contributed by atoms with E-state index >= 15 is 0 Å². The minimum absolute atomic E-state index is 0.0393. The standard InChI is InChI=1S/C16H29N3O11P2/c1-8(2)28-31(22,23)26-7-12-11(30-32(24,25)29-9(3)4)6-13(27-12)19-15(20)10(5)14(17)18-16(19)21/h8-9,11-13H,6-7,17H2,1-5H3,(H,18,21)(H,22,23)(H,24,25)/p-2/t11?,12-,13-/m1/s1. The van der Waals surface area contributed by atoms with Gasteiger partial charge in [-0.2, -0.15) is 0 Å². The topological polar surface area (TPSA) is 207 Å². The van der Waals surface area contributed by atoms with E-state index in [1.165, 1.54) is 34.6 Å². The number of nitrogen functional groups attached to an aromatic ring is 1. The molecule has 0 amide bonds. The number of anilines is 1. The number of phosphoric ester groups is 2. The fourth-order valence-electron chi connectivity index (χ4n) is 2.94. The van der Waals surface area contributed by atoms with Crippen LogP contribution in [0.1, 0.15) is 45.9 Å². The number of ether oxygens (including phenoxy) is 1. The van der Waals surface area contributed by atoms with Crippen LogP contribution in [0.2, 0.25) is 0 Å². The van der Waals surface area contributed by atoms with E-state index in [0.717, 1.165) is 0 Å². The van der Waals surface area contributed by atoms with Crippen LogP contribution in [0.15, 0.2) is 9.59 Å². The molecule has 0 radical (unpaired) electrons. The molecule has 1 aliphatic rings. The number of nitrogens with zero attached hydrogens (tertiary/aromatic N) is 1. The van der Waals surface area contributed by atoms with Crippen LogP contribution in [0.5, 0.6) is 0 Å². The van der Waals surface area contributed by atoms with E-state index in [2.05, 4.69) is 9.51 Å². The van der Waals surface area contributed by atoms with Gasteiger partial charge in [0.15, 0.2) is 0 Å². The van der Waals surface area contributed by atoms with Crippen molar-refractivity contribution in [2.45, 2.75) is 71.7 Å². The molecule has 16 heteroatoms. The summed E-state index contributed by atoms with van der Waals surface area (Å²) < 4.78 is 49.6. The predicted molar refractivity (Wildman–Crippen MR) is 107 cm³/mol. The first-order valence-corrected chi connectivity index (χ1v) is 12.6. The van der Waals surface area contributed by atoms with Crippen molar-refractivity contribution in [3.8, 4) is 0 Å². The Bertz CT molecular complexity index is 1020. The molecule has 1 fully saturated rings. The molecule has 0 saturated carbocycles. The maximum Gasteiger partial charge on any atom is 0.332 e. The van der Waals surface area contributed by atoms with Crippen LogP contribution in [0.25, 0.3) is 0 Å². The third-order valence-electron chi connectivity index (χ3n) is 4.21. The van der Waals surface area contributed by atoms with Crippen molar-refractivity contribution in [3.05, 3.63) is 26.4 Å². The van der Waals surface area contributed by atoms with Gasteiger partial charge < -0.3 is 38.4 Å². The lowest BCUT2D eigenvalue weighted by Crippen LogP contribution is -2.40. The highest BCUT2D eigenvalue weighted by Crippen LogP contribution is 2.47. The molecule has 2 heterocycles. The molecular weight excluding hydrogens is 472 g/mol. The molecule has 1 saturated heterocycles. The zero-order valence-electron chi connectivity index (χ0n) is 18.2. The van der Waals surface area contributed by atoms with Gasteiger partial charge in [0, 0.05) is 6.42 Å². The maximum atomic E-state index is 12.5. The smallest absolute Gasteiger partial charge is 0.332 e. The Kier molecular flexibility index (Phi) is 8.65. The molecule has 3 unspecified atom stereocenters. The van der Waals surface area contributed by atoms with Crippen molar-refractivity contribution in [3.63, 3.8) is 0 Å². The third-order valence-corrected chi connectivity index (χ3v) is 6.57. The van der Waals surface area contributed by atoms with Crippen LogP contribution < -0.4 is 26.8 Å². The fourth-order valence-corrected chi connectivity index (χ4v) is 4.97. The average Bonchev–Trinajstić information content (AvgIpc) is 2.97. The van der Waals surface area contributed by atoms with E-state index in [1.54, 1.807) is 0 Å². The van der Waals surface area contributed by atoms with Gasteiger partial charge in [0.05, 0.1) is 30.5 Å². The first kappa shape index (κ1) is 26.9. The molecular formula is C16H27N3O11P2-2. The van der Waals surface area contributed by atoms with Crippen LogP contribution >= 0.6 is 15.6 Å². The lowest BCUT2D eigenvalue weighted by molar-refractivity contribution is -0.236.